The number of rotatable bonds is 17. The van der Waals surface area contributed by atoms with Gasteiger partial charge in [-0.15, -0.1) is 0 Å². The van der Waals surface area contributed by atoms with Crippen LogP contribution in [0.1, 0.15) is 109 Å². The third kappa shape index (κ3) is 10.1. The summed E-state index contributed by atoms with van der Waals surface area (Å²) >= 11 is 0. The molecule has 0 fully saturated rings. The lowest BCUT2D eigenvalue weighted by molar-refractivity contribution is 0.0199. The Hall–Kier alpha value is -2.59. The third-order valence-electron chi connectivity index (χ3n) is 7.86. The lowest BCUT2D eigenvalue weighted by Crippen LogP contribution is -2.52. The van der Waals surface area contributed by atoms with Crippen molar-refractivity contribution in [2.45, 2.75) is 116 Å². The quantitative estimate of drug-likeness (QED) is 0.150. The Bertz CT molecular complexity index is 945. The van der Waals surface area contributed by atoms with Crippen LogP contribution in [0.4, 0.5) is 4.79 Å². The Kier molecular flexibility index (Phi) is 14.2. The molecule has 0 aliphatic carbocycles. The summed E-state index contributed by atoms with van der Waals surface area (Å²) in [7, 11) is 0. The predicted octanol–water partition coefficient (Wildman–Crippen LogP) is 9.66. The fourth-order valence-electron chi connectivity index (χ4n) is 5.70. The molecular formula is C35H51NO3. The largest absolute Gasteiger partial charge is 0.441 e. The van der Waals surface area contributed by atoms with Crippen LogP contribution in [0.15, 0.2) is 72.8 Å². The van der Waals surface area contributed by atoms with Gasteiger partial charge in [0.25, 0.3) is 0 Å². The molecular weight excluding hydrogens is 482 g/mol. The molecule has 0 spiro atoms. The number of carbonyl (C=O) groups is 1. The number of carbonyl (C=O) groups excluding carboxylic acids is 1. The second-order valence-corrected chi connectivity index (χ2v) is 11.0. The number of hydrogen-bond donors (Lipinski definition) is 0. The van der Waals surface area contributed by atoms with Crippen LogP contribution in [0.5, 0.6) is 0 Å². The SMILES string of the molecule is CCCCC[C@@H]1C=C[C@@H](CCCC)[C@H](CCCOCc2ccccc2)N1C(=O)O[C@@H](CCC)c1ccccc1. The van der Waals surface area contributed by atoms with E-state index in [1.54, 1.807) is 0 Å². The maximum Gasteiger partial charge on any atom is 0.411 e. The summed E-state index contributed by atoms with van der Waals surface area (Å²) in [5, 5.41) is 0. The van der Waals surface area contributed by atoms with E-state index in [9.17, 15) is 4.79 Å². The molecule has 0 saturated carbocycles. The molecule has 4 heteroatoms. The van der Waals surface area contributed by atoms with E-state index in [0.29, 0.717) is 19.1 Å². The van der Waals surface area contributed by atoms with Crippen LogP contribution in [0.25, 0.3) is 0 Å². The van der Waals surface area contributed by atoms with Crippen molar-refractivity contribution in [3.63, 3.8) is 0 Å². The van der Waals surface area contributed by atoms with Crippen molar-refractivity contribution in [1.29, 1.82) is 0 Å². The minimum Gasteiger partial charge on any atom is -0.441 e. The van der Waals surface area contributed by atoms with E-state index in [0.717, 1.165) is 56.9 Å². The van der Waals surface area contributed by atoms with Gasteiger partial charge in [-0.25, -0.2) is 4.79 Å². The molecule has 1 heterocycles. The molecule has 0 unspecified atom stereocenters. The second-order valence-electron chi connectivity index (χ2n) is 11.0. The number of ether oxygens (including phenoxy) is 2. The number of unbranched alkanes of at least 4 members (excludes halogenated alkanes) is 3. The van der Waals surface area contributed by atoms with Gasteiger partial charge in [0.1, 0.15) is 6.10 Å². The first-order valence-electron chi connectivity index (χ1n) is 15.5. The topological polar surface area (TPSA) is 38.8 Å². The van der Waals surface area contributed by atoms with Gasteiger partial charge in [0, 0.05) is 12.6 Å². The van der Waals surface area contributed by atoms with Crippen molar-refractivity contribution in [3.8, 4) is 0 Å². The molecule has 0 radical (unpaired) electrons. The number of benzene rings is 2. The van der Waals surface area contributed by atoms with Gasteiger partial charge in [-0.05, 0) is 49.1 Å². The highest BCUT2D eigenvalue weighted by Gasteiger charge is 2.38. The molecule has 1 aliphatic rings. The van der Waals surface area contributed by atoms with Gasteiger partial charge in [-0.2, -0.15) is 0 Å². The van der Waals surface area contributed by atoms with Crippen LogP contribution in [0.2, 0.25) is 0 Å². The van der Waals surface area contributed by atoms with E-state index in [2.05, 4.69) is 74.2 Å². The van der Waals surface area contributed by atoms with Crippen LogP contribution >= 0.6 is 0 Å². The molecule has 4 atom stereocenters. The lowest BCUT2D eigenvalue weighted by Gasteiger charge is -2.43. The zero-order valence-electron chi connectivity index (χ0n) is 24.6. The molecule has 39 heavy (non-hydrogen) atoms. The average molecular weight is 534 g/mol. The molecule has 4 nitrogen and oxygen atoms in total. The highest BCUT2D eigenvalue weighted by Crippen LogP contribution is 2.34. The summed E-state index contributed by atoms with van der Waals surface area (Å²) in [4.78, 5) is 16.2. The van der Waals surface area contributed by atoms with Crippen molar-refractivity contribution in [1.82, 2.24) is 4.90 Å². The molecule has 0 bridgehead atoms. The fraction of sp³-hybridized carbons (Fsp3) is 0.571. The van der Waals surface area contributed by atoms with Crippen molar-refractivity contribution in [3.05, 3.63) is 83.9 Å². The molecule has 3 rings (SSSR count). The first-order valence-corrected chi connectivity index (χ1v) is 15.5. The van der Waals surface area contributed by atoms with E-state index >= 15 is 0 Å². The Balaban J connectivity index is 1.75. The van der Waals surface area contributed by atoms with Crippen molar-refractivity contribution in [2.24, 2.45) is 5.92 Å². The van der Waals surface area contributed by atoms with Gasteiger partial charge in [-0.3, -0.25) is 4.90 Å². The monoisotopic (exact) mass is 533 g/mol. The van der Waals surface area contributed by atoms with Gasteiger partial charge in [0.2, 0.25) is 0 Å². The number of amides is 1. The summed E-state index contributed by atoms with van der Waals surface area (Å²) in [5.74, 6) is 0.357. The van der Waals surface area contributed by atoms with Gasteiger partial charge in [0.05, 0.1) is 12.6 Å². The molecule has 2 aromatic carbocycles. The van der Waals surface area contributed by atoms with Gasteiger partial charge < -0.3 is 9.47 Å². The summed E-state index contributed by atoms with van der Waals surface area (Å²) in [6, 6.07) is 20.8. The maximum absolute atomic E-state index is 14.0. The van der Waals surface area contributed by atoms with E-state index in [1.165, 1.54) is 24.8 Å². The van der Waals surface area contributed by atoms with Crippen LogP contribution in [0, 0.1) is 5.92 Å². The normalized spacial score (nSPS) is 19.7. The standard InChI is InChI=1S/C35H51NO3/c1-4-7-11-23-32-26-25-30(20-8-5-2)33(24-16-27-38-28-29-18-12-9-13-19-29)36(32)35(37)39-34(17-6-3)31-21-14-10-15-22-31/h9-10,12-15,18-19,21-22,25-26,30,32-34H,4-8,11,16-17,20,23-24,27-28H2,1-3H3/t30-,32-,33+,34+/m1/s1. The highest BCUT2D eigenvalue weighted by atomic mass is 16.6. The van der Waals surface area contributed by atoms with E-state index in [1.807, 2.05) is 24.3 Å². The van der Waals surface area contributed by atoms with Gasteiger partial charge in [0.15, 0.2) is 0 Å². The Morgan fingerprint density at radius 3 is 2.21 bits per heavy atom. The molecule has 2 aromatic rings. The summed E-state index contributed by atoms with van der Waals surface area (Å²) in [5.41, 5.74) is 2.28. The first kappa shape index (κ1) is 30.9. The predicted molar refractivity (Wildman–Crippen MR) is 162 cm³/mol. The molecule has 1 aliphatic heterocycles. The van der Waals surface area contributed by atoms with Gasteiger partial charge >= 0.3 is 6.09 Å². The van der Waals surface area contributed by atoms with Crippen LogP contribution < -0.4 is 0 Å². The zero-order valence-corrected chi connectivity index (χ0v) is 24.6. The zero-order chi connectivity index (χ0) is 27.7. The van der Waals surface area contributed by atoms with Crippen molar-refractivity contribution in [2.75, 3.05) is 6.61 Å². The minimum absolute atomic E-state index is 0.0928. The van der Waals surface area contributed by atoms with E-state index in [-0.39, 0.29) is 24.3 Å². The Morgan fingerprint density at radius 1 is 0.795 bits per heavy atom. The van der Waals surface area contributed by atoms with E-state index in [4.69, 9.17) is 9.47 Å². The number of nitrogens with zero attached hydrogens (tertiary/aromatic N) is 1. The van der Waals surface area contributed by atoms with Crippen LogP contribution in [-0.4, -0.2) is 29.7 Å². The second kappa shape index (κ2) is 17.9. The third-order valence-corrected chi connectivity index (χ3v) is 7.86. The summed E-state index contributed by atoms with van der Waals surface area (Å²) in [6.45, 7) is 7.96. The van der Waals surface area contributed by atoms with Gasteiger partial charge in [-0.1, -0.05) is 132 Å². The highest BCUT2D eigenvalue weighted by molar-refractivity contribution is 5.69. The maximum atomic E-state index is 14.0. The van der Waals surface area contributed by atoms with Crippen molar-refractivity contribution < 1.29 is 14.3 Å². The molecule has 0 saturated heterocycles. The minimum atomic E-state index is -0.213. The van der Waals surface area contributed by atoms with Crippen molar-refractivity contribution >= 4 is 6.09 Å². The number of hydrogen-bond acceptors (Lipinski definition) is 3. The lowest BCUT2D eigenvalue weighted by atomic mass is 9.84. The summed E-state index contributed by atoms with van der Waals surface area (Å²) < 4.78 is 12.4. The Labute approximate surface area is 237 Å². The van der Waals surface area contributed by atoms with E-state index < -0.39 is 0 Å². The molecule has 0 aromatic heterocycles. The fourth-order valence-corrected chi connectivity index (χ4v) is 5.70. The Morgan fingerprint density at radius 2 is 1.51 bits per heavy atom. The molecule has 0 N–H and O–H groups in total. The molecule has 214 valence electrons. The van der Waals surface area contributed by atoms with Crippen LogP contribution in [0.3, 0.4) is 0 Å². The van der Waals surface area contributed by atoms with Crippen LogP contribution in [-0.2, 0) is 16.1 Å². The molecule has 1 amide bonds. The smallest absolute Gasteiger partial charge is 0.411 e. The average Bonchev–Trinajstić information content (AvgIpc) is 2.97. The first-order chi connectivity index (χ1) is 19.2. The summed E-state index contributed by atoms with van der Waals surface area (Å²) in [6.07, 6.45) is 15.9.